The van der Waals surface area contributed by atoms with Crippen LogP contribution >= 0.6 is 11.6 Å². The van der Waals surface area contributed by atoms with Crippen LogP contribution in [0.25, 0.3) is 21.7 Å². The Bertz CT molecular complexity index is 1660. The van der Waals surface area contributed by atoms with Gasteiger partial charge in [0.1, 0.15) is 23.7 Å². The highest BCUT2D eigenvalue weighted by Crippen LogP contribution is 2.36. The molecule has 0 amide bonds. The van der Waals surface area contributed by atoms with Gasteiger partial charge in [-0.1, -0.05) is 60.1 Å². The highest BCUT2D eigenvalue weighted by atomic mass is 35.5. The predicted molar refractivity (Wildman–Crippen MR) is 134 cm³/mol. The second kappa shape index (κ2) is 9.30. The van der Waals surface area contributed by atoms with E-state index in [0.29, 0.717) is 15.9 Å². The van der Waals surface area contributed by atoms with Gasteiger partial charge in [-0.15, -0.1) is 0 Å². The van der Waals surface area contributed by atoms with Crippen LogP contribution in [0.3, 0.4) is 0 Å². The van der Waals surface area contributed by atoms with Crippen LogP contribution in [0.1, 0.15) is 5.56 Å². The third-order valence-corrected chi connectivity index (χ3v) is 7.61. The monoisotopic (exact) mass is 509 g/mol. The SMILES string of the molecule is NCCOc1cc(F)cc2c(S(=O)(=O)c3cccc4ccccc34)nn(Cc3cccc(Cl)c3)c12. The number of aromatic nitrogens is 2. The number of halogens is 2. The van der Waals surface area contributed by atoms with Crippen molar-refractivity contribution in [2.75, 3.05) is 13.2 Å². The van der Waals surface area contributed by atoms with Gasteiger partial charge in [0.05, 0.1) is 11.4 Å². The molecule has 0 aliphatic heterocycles. The molecule has 5 aromatic rings. The number of benzene rings is 4. The van der Waals surface area contributed by atoms with Crippen LogP contribution in [-0.4, -0.2) is 31.3 Å². The van der Waals surface area contributed by atoms with Crippen molar-refractivity contribution < 1.29 is 17.5 Å². The number of hydrogen-bond acceptors (Lipinski definition) is 5. The number of sulfone groups is 1. The van der Waals surface area contributed by atoms with Crippen molar-refractivity contribution in [1.29, 1.82) is 0 Å². The van der Waals surface area contributed by atoms with Gasteiger partial charge in [-0.25, -0.2) is 12.8 Å². The van der Waals surface area contributed by atoms with Crippen molar-refractivity contribution in [3.05, 3.63) is 95.3 Å². The zero-order chi connectivity index (χ0) is 24.6. The van der Waals surface area contributed by atoms with E-state index >= 15 is 0 Å². The van der Waals surface area contributed by atoms with Crippen molar-refractivity contribution in [2.45, 2.75) is 16.5 Å². The highest BCUT2D eigenvalue weighted by Gasteiger charge is 2.29. The largest absolute Gasteiger partial charge is 0.490 e. The number of fused-ring (bicyclic) bond motifs is 2. The zero-order valence-corrected chi connectivity index (χ0v) is 20.1. The second-order valence-corrected chi connectivity index (χ2v) is 10.3. The first kappa shape index (κ1) is 23.3. The number of ether oxygens (including phenoxy) is 1. The molecule has 6 nitrogen and oxygen atoms in total. The normalized spacial score (nSPS) is 11.9. The Morgan fingerprint density at radius 2 is 1.74 bits per heavy atom. The average Bonchev–Trinajstić information content (AvgIpc) is 3.21. The fourth-order valence-corrected chi connectivity index (χ4v) is 5.96. The van der Waals surface area contributed by atoms with Gasteiger partial charge in [-0.2, -0.15) is 5.10 Å². The summed E-state index contributed by atoms with van der Waals surface area (Å²) in [5.41, 5.74) is 6.74. The van der Waals surface area contributed by atoms with Crippen LogP contribution in [-0.2, 0) is 16.4 Å². The molecule has 0 aliphatic carbocycles. The number of nitrogens with zero attached hydrogens (tertiary/aromatic N) is 2. The summed E-state index contributed by atoms with van der Waals surface area (Å²) in [4.78, 5) is 0.0959. The van der Waals surface area contributed by atoms with Crippen LogP contribution in [0.2, 0.25) is 5.02 Å². The van der Waals surface area contributed by atoms with Crippen molar-refractivity contribution in [3.8, 4) is 5.75 Å². The van der Waals surface area contributed by atoms with Crippen molar-refractivity contribution in [2.24, 2.45) is 5.73 Å². The summed E-state index contributed by atoms with van der Waals surface area (Å²) in [6.07, 6.45) is 0. The van der Waals surface area contributed by atoms with Gasteiger partial charge in [0.2, 0.25) is 9.84 Å². The minimum absolute atomic E-state index is 0.0959. The summed E-state index contributed by atoms with van der Waals surface area (Å²) in [6.45, 7) is 0.542. The van der Waals surface area contributed by atoms with Gasteiger partial charge in [0, 0.05) is 28.4 Å². The molecule has 0 unspecified atom stereocenters. The summed E-state index contributed by atoms with van der Waals surface area (Å²) in [6, 6.07) is 21.8. The molecular formula is C26H21ClFN3O3S. The molecule has 1 aromatic heterocycles. The zero-order valence-electron chi connectivity index (χ0n) is 18.5. The molecule has 0 fully saturated rings. The molecule has 0 spiro atoms. The van der Waals surface area contributed by atoms with Crippen LogP contribution in [0.4, 0.5) is 4.39 Å². The molecule has 0 saturated carbocycles. The Morgan fingerprint density at radius 1 is 0.971 bits per heavy atom. The molecule has 1 heterocycles. The molecule has 9 heteroatoms. The lowest BCUT2D eigenvalue weighted by atomic mass is 10.1. The first-order chi connectivity index (χ1) is 16.9. The predicted octanol–water partition coefficient (Wildman–Crippen LogP) is 5.20. The van der Waals surface area contributed by atoms with Crippen LogP contribution in [0, 0.1) is 5.82 Å². The molecule has 0 radical (unpaired) electrons. The molecule has 0 atom stereocenters. The number of hydrogen-bond donors (Lipinski definition) is 1. The van der Waals surface area contributed by atoms with Crippen LogP contribution in [0.5, 0.6) is 5.75 Å². The van der Waals surface area contributed by atoms with E-state index in [2.05, 4.69) is 5.10 Å². The smallest absolute Gasteiger partial charge is 0.226 e. The van der Waals surface area contributed by atoms with Crippen LogP contribution in [0.15, 0.2) is 88.8 Å². The molecule has 35 heavy (non-hydrogen) atoms. The van der Waals surface area contributed by atoms with Gasteiger partial charge in [0.15, 0.2) is 5.03 Å². The summed E-state index contributed by atoms with van der Waals surface area (Å²) in [7, 11) is -4.13. The minimum Gasteiger partial charge on any atom is -0.490 e. The Labute approximate surface area is 206 Å². The maximum atomic E-state index is 14.7. The van der Waals surface area contributed by atoms with E-state index in [1.54, 1.807) is 36.4 Å². The van der Waals surface area contributed by atoms with Crippen molar-refractivity contribution in [1.82, 2.24) is 9.78 Å². The fourth-order valence-electron chi connectivity index (χ4n) is 4.15. The van der Waals surface area contributed by atoms with Crippen molar-refractivity contribution >= 4 is 43.1 Å². The quantitative estimate of drug-likeness (QED) is 0.326. The van der Waals surface area contributed by atoms with E-state index in [4.69, 9.17) is 22.1 Å². The number of rotatable bonds is 7. The molecular weight excluding hydrogens is 489 g/mol. The maximum absolute atomic E-state index is 14.7. The van der Waals surface area contributed by atoms with Gasteiger partial charge >= 0.3 is 0 Å². The molecule has 0 saturated heterocycles. The molecule has 0 bridgehead atoms. The second-order valence-electron chi connectivity index (χ2n) is 8.01. The molecule has 2 N–H and O–H groups in total. The van der Waals surface area contributed by atoms with E-state index in [1.165, 1.54) is 22.9 Å². The van der Waals surface area contributed by atoms with Gasteiger partial charge in [-0.05, 0) is 35.2 Å². The van der Waals surface area contributed by atoms with E-state index in [1.807, 2.05) is 24.3 Å². The Hall–Kier alpha value is -3.46. The minimum atomic E-state index is -4.13. The fraction of sp³-hybridized carbons (Fsp3) is 0.115. The Balaban J connectivity index is 1.77. The van der Waals surface area contributed by atoms with E-state index in [-0.39, 0.29) is 40.8 Å². The lowest BCUT2D eigenvalue weighted by Crippen LogP contribution is -2.12. The topological polar surface area (TPSA) is 87.2 Å². The molecule has 0 aliphatic rings. The standard InChI is InChI=1S/C26H21ClFN3O3S/c27-19-8-3-5-17(13-19)16-31-25-22(14-20(28)15-23(25)34-12-11-29)26(30-31)35(32,33)24-10-4-7-18-6-1-2-9-21(18)24/h1-10,13-15H,11-12,16,29H2. The maximum Gasteiger partial charge on any atom is 0.226 e. The lowest BCUT2D eigenvalue weighted by Gasteiger charge is -2.10. The van der Waals surface area contributed by atoms with Gasteiger partial charge in [-0.3, -0.25) is 4.68 Å². The highest BCUT2D eigenvalue weighted by molar-refractivity contribution is 7.91. The third-order valence-electron chi connectivity index (χ3n) is 5.63. The number of nitrogens with two attached hydrogens (primary N) is 1. The van der Waals surface area contributed by atoms with Crippen molar-refractivity contribution in [3.63, 3.8) is 0 Å². The van der Waals surface area contributed by atoms with E-state index in [0.717, 1.165) is 10.9 Å². The summed E-state index contributed by atoms with van der Waals surface area (Å²) in [5.74, 6) is -0.472. The first-order valence-electron chi connectivity index (χ1n) is 10.9. The Kier molecular flexibility index (Phi) is 6.19. The van der Waals surface area contributed by atoms with E-state index in [9.17, 15) is 12.8 Å². The first-order valence-corrected chi connectivity index (χ1v) is 12.7. The van der Waals surface area contributed by atoms with E-state index < -0.39 is 15.7 Å². The third kappa shape index (κ3) is 4.36. The van der Waals surface area contributed by atoms with Crippen LogP contribution < -0.4 is 10.5 Å². The summed E-state index contributed by atoms with van der Waals surface area (Å²) < 4.78 is 49.8. The van der Waals surface area contributed by atoms with Gasteiger partial charge in [0.25, 0.3) is 0 Å². The molecule has 178 valence electrons. The Morgan fingerprint density at radius 3 is 2.54 bits per heavy atom. The van der Waals surface area contributed by atoms with Gasteiger partial charge < -0.3 is 10.5 Å². The lowest BCUT2D eigenvalue weighted by molar-refractivity contribution is 0.328. The molecule has 4 aromatic carbocycles. The summed E-state index contributed by atoms with van der Waals surface area (Å²) in [5, 5.41) is 6.24. The average molecular weight is 510 g/mol. The molecule has 5 rings (SSSR count). The summed E-state index contributed by atoms with van der Waals surface area (Å²) >= 11 is 6.15.